The second kappa shape index (κ2) is 3.84. The Morgan fingerprint density at radius 3 is 2.65 bits per heavy atom. The van der Waals surface area contributed by atoms with Gasteiger partial charge in [-0.1, -0.05) is 5.16 Å². The Labute approximate surface area is 99.9 Å². The van der Waals surface area contributed by atoms with Gasteiger partial charge in [0.05, 0.1) is 6.20 Å². The van der Waals surface area contributed by atoms with E-state index < -0.39 is 0 Å². The van der Waals surface area contributed by atoms with Crippen LogP contribution in [-0.2, 0) is 0 Å². The highest BCUT2D eigenvalue weighted by molar-refractivity contribution is 5.93. The van der Waals surface area contributed by atoms with Crippen LogP contribution in [0.25, 0.3) is 0 Å². The first-order valence-electron chi connectivity index (χ1n) is 6.16. The Kier molecular flexibility index (Phi) is 2.43. The molecule has 1 aromatic rings. The van der Waals surface area contributed by atoms with Crippen molar-refractivity contribution < 1.29 is 9.32 Å². The first-order valence-corrected chi connectivity index (χ1v) is 6.16. The van der Waals surface area contributed by atoms with Crippen molar-refractivity contribution >= 4 is 5.91 Å². The number of hydrogen-bond acceptors (Lipinski definition) is 4. The van der Waals surface area contributed by atoms with Gasteiger partial charge in [0.25, 0.3) is 5.91 Å². The lowest BCUT2D eigenvalue weighted by atomic mass is 9.97. The Bertz CT molecular complexity index is 429. The van der Waals surface area contributed by atoms with Gasteiger partial charge in [-0.15, -0.1) is 0 Å². The van der Waals surface area contributed by atoms with Crippen LogP contribution >= 0.6 is 0 Å². The number of carbonyl (C=O) groups excluding carboxylic acids is 1. The molecular formula is C12H17N3O2. The van der Waals surface area contributed by atoms with E-state index in [1.165, 1.54) is 0 Å². The fourth-order valence-corrected chi connectivity index (χ4v) is 3.16. The summed E-state index contributed by atoms with van der Waals surface area (Å²) in [5, 5.41) is 3.68. The van der Waals surface area contributed by atoms with Crippen LogP contribution in [0.15, 0.2) is 10.7 Å². The molecule has 0 aliphatic carbocycles. The normalized spacial score (nSPS) is 31.9. The third kappa shape index (κ3) is 1.65. The summed E-state index contributed by atoms with van der Waals surface area (Å²) in [5.74, 6) is 0.372. The fourth-order valence-electron chi connectivity index (χ4n) is 3.16. The second-order valence-corrected chi connectivity index (χ2v) is 5.17. The predicted octanol–water partition coefficient (Wildman–Crippen LogP) is 1.08. The van der Waals surface area contributed by atoms with E-state index >= 15 is 0 Å². The van der Waals surface area contributed by atoms with Crippen LogP contribution in [0.4, 0.5) is 0 Å². The van der Waals surface area contributed by atoms with Crippen molar-refractivity contribution in [3.05, 3.63) is 17.5 Å². The van der Waals surface area contributed by atoms with Crippen LogP contribution in [0.5, 0.6) is 0 Å². The van der Waals surface area contributed by atoms with Gasteiger partial charge in [-0.05, 0) is 32.6 Å². The van der Waals surface area contributed by atoms with Crippen molar-refractivity contribution in [2.45, 2.75) is 50.7 Å². The van der Waals surface area contributed by atoms with Gasteiger partial charge < -0.3 is 15.2 Å². The summed E-state index contributed by atoms with van der Waals surface area (Å²) in [6.07, 6.45) is 5.55. The van der Waals surface area contributed by atoms with E-state index in [9.17, 15) is 4.79 Å². The van der Waals surface area contributed by atoms with E-state index in [1.54, 1.807) is 6.20 Å². The molecule has 5 heteroatoms. The molecule has 0 radical (unpaired) electrons. The van der Waals surface area contributed by atoms with Crippen LogP contribution in [-0.4, -0.2) is 34.1 Å². The van der Waals surface area contributed by atoms with Crippen molar-refractivity contribution in [1.82, 2.24) is 10.1 Å². The summed E-state index contributed by atoms with van der Waals surface area (Å²) < 4.78 is 5.06. The van der Waals surface area contributed by atoms with Crippen molar-refractivity contribution in [3.63, 3.8) is 0 Å². The number of aryl methyl sites for hydroxylation is 1. The maximum Gasteiger partial charge on any atom is 0.293 e. The number of hydrogen-bond donors (Lipinski definition) is 1. The fraction of sp³-hybridized carbons (Fsp3) is 0.667. The first kappa shape index (κ1) is 10.8. The predicted molar refractivity (Wildman–Crippen MR) is 61.4 cm³/mol. The largest absolute Gasteiger partial charge is 0.351 e. The molecule has 0 aromatic carbocycles. The highest BCUT2D eigenvalue weighted by Crippen LogP contribution is 2.36. The lowest BCUT2D eigenvalue weighted by Gasteiger charge is -2.37. The number of rotatable bonds is 1. The maximum atomic E-state index is 12.4. The highest BCUT2D eigenvalue weighted by Gasteiger charge is 2.43. The molecule has 1 amide bonds. The van der Waals surface area contributed by atoms with E-state index in [-0.39, 0.29) is 11.9 Å². The molecular weight excluding hydrogens is 218 g/mol. The summed E-state index contributed by atoms with van der Waals surface area (Å²) in [7, 11) is 0. The zero-order valence-electron chi connectivity index (χ0n) is 9.93. The lowest BCUT2D eigenvalue weighted by molar-refractivity contribution is 0.0532. The maximum absolute atomic E-state index is 12.4. The van der Waals surface area contributed by atoms with Crippen LogP contribution in [0.3, 0.4) is 0 Å². The minimum absolute atomic E-state index is 0.0144. The first-order chi connectivity index (χ1) is 8.16. The van der Waals surface area contributed by atoms with E-state index in [0.717, 1.165) is 31.2 Å². The summed E-state index contributed by atoms with van der Waals surface area (Å²) in [4.78, 5) is 14.4. The molecule has 17 heavy (non-hydrogen) atoms. The van der Waals surface area contributed by atoms with E-state index in [2.05, 4.69) is 5.16 Å². The van der Waals surface area contributed by atoms with Crippen molar-refractivity contribution in [2.24, 2.45) is 5.73 Å². The topological polar surface area (TPSA) is 72.4 Å². The van der Waals surface area contributed by atoms with Gasteiger partial charge in [0, 0.05) is 23.7 Å². The van der Waals surface area contributed by atoms with Gasteiger partial charge in [0.1, 0.15) is 0 Å². The Balaban J connectivity index is 1.86. The molecule has 2 aliphatic rings. The summed E-state index contributed by atoms with van der Waals surface area (Å²) >= 11 is 0. The minimum atomic E-state index is -0.0144. The van der Waals surface area contributed by atoms with E-state index in [1.807, 2.05) is 11.8 Å². The highest BCUT2D eigenvalue weighted by atomic mass is 16.5. The average Bonchev–Trinajstić information content (AvgIpc) is 2.81. The molecule has 92 valence electrons. The molecule has 3 rings (SSSR count). The van der Waals surface area contributed by atoms with Gasteiger partial charge in [0.2, 0.25) is 5.76 Å². The third-order valence-corrected chi connectivity index (χ3v) is 3.95. The van der Waals surface area contributed by atoms with Gasteiger partial charge >= 0.3 is 0 Å². The number of nitrogens with two attached hydrogens (primary N) is 1. The standard InChI is InChI=1S/C12H17N3O2/c1-7-6-14-17-11(7)12(16)15-9-2-3-10(15)5-8(13)4-9/h6,8-10H,2-5,13H2,1H3. The Morgan fingerprint density at radius 2 is 2.12 bits per heavy atom. The summed E-state index contributed by atoms with van der Waals surface area (Å²) in [5.41, 5.74) is 6.80. The van der Waals surface area contributed by atoms with Crippen LogP contribution in [0, 0.1) is 6.92 Å². The number of carbonyl (C=O) groups is 1. The van der Waals surface area contributed by atoms with Crippen LogP contribution in [0.1, 0.15) is 41.8 Å². The number of aromatic nitrogens is 1. The number of nitrogens with zero attached hydrogens (tertiary/aromatic N) is 2. The minimum Gasteiger partial charge on any atom is -0.351 e. The zero-order chi connectivity index (χ0) is 12.0. The molecule has 5 nitrogen and oxygen atoms in total. The molecule has 2 aliphatic heterocycles. The van der Waals surface area contributed by atoms with E-state index in [0.29, 0.717) is 17.8 Å². The molecule has 2 fully saturated rings. The van der Waals surface area contributed by atoms with Crippen molar-refractivity contribution in [1.29, 1.82) is 0 Å². The van der Waals surface area contributed by atoms with Gasteiger partial charge in [-0.2, -0.15) is 0 Å². The molecule has 2 saturated heterocycles. The van der Waals surface area contributed by atoms with Crippen molar-refractivity contribution in [3.8, 4) is 0 Å². The number of fused-ring (bicyclic) bond motifs is 2. The molecule has 2 unspecified atom stereocenters. The molecule has 2 atom stereocenters. The van der Waals surface area contributed by atoms with Crippen molar-refractivity contribution in [2.75, 3.05) is 0 Å². The third-order valence-electron chi connectivity index (χ3n) is 3.95. The van der Waals surface area contributed by atoms with E-state index in [4.69, 9.17) is 10.3 Å². The van der Waals surface area contributed by atoms with Crippen LogP contribution in [0.2, 0.25) is 0 Å². The number of piperidine rings is 1. The zero-order valence-corrected chi connectivity index (χ0v) is 9.93. The molecule has 2 bridgehead atoms. The van der Waals surface area contributed by atoms with Crippen LogP contribution < -0.4 is 5.73 Å². The SMILES string of the molecule is Cc1cnoc1C(=O)N1C2CCC1CC(N)C2. The molecule has 1 aromatic heterocycles. The Morgan fingerprint density at radius 1 is 1.47 bits per heavy atom. The second-order valence-electron chi connectivity index (χ2n) is 5.17. The molecule has 3 heterocycles. The quantitative estimate of drug-likeness (QED) is 0.790. The van der Waals surface area contributed by atoms with Gasteiger partial charge in [0.15, 0.2) is 0 Å². The molecule has 2 N–H and O–H groups in total. The average molecular weight is 235 g/mol. The Hall–Kier alpha value is -1.36. The summed E-state index contributed by atoms with van der Waals surface area (Å²) in [6.45, 7) is 1.85. The molecule has 0 spiro atoms. The lowest BCUT2D eigenvalue weighted by Crippen LogP contribution is -2.50. The monoisotopic (exact) mass is 235 g/mol. The van der Waals surface area contributed by atoms with Gasteiger partial charge in [-0.3, -0.25) is 4.79 Å². The molecule has 0 saturated carbocycles. The number of amides is 1. The summed E-state index contributed by atoms with van der Waals surface area (Å²) in [6, 6.07) is 0.828. The van der Waals surface area contributed by atoms with Gasteiger partial charge in [-0.25, -0.2) is 0 Å². The smallest absolute Gasteiger partial charge is 0.293 e.